The fourth-order valence-electron chi connectivity index (χ4n) is 2.41. The zero-order chi connectivity index (χ0) is 13.3. The van der Waals surface area contributed by atoms with Crippen molar-refractivity contribution in [3.63, 3.8) is 0 Å². The largest absolute Gasteiger partial charge is 0.353 e. The van der Waals surface area contributed by atoms with Crippen molar-refractivity contribution < 1.29 is 4.79 Å². The van der Waals surface area contributed by atoms with Crippen LogP contribution in [0.3, 0.4) is 0 Å². The van der Waals surface area contributed by atoms with Crippen molar-refractivity contribution in [1.29, 1.82) is 0 Å². The lowest BCUT2D eigenvalue weighted by atomic mass is 10.1. The third kappa shape index (κ3) is 2.18. The van der Waals surface area contributed by atoms with Gasteiger partial charge in [-0.05, 0) is 32.4 Å². The number of piperazine rings is 1. The van der Waals surface area contributed by atoms with E-state index >= 15 is 0 Å². The van der Waals surface area contributed by atoms with Gasteiger partial charge in [0.1, 0.15) is 11.9 Å². The van der Waals surface area contributed by atoms with Crippen LogP contribution < -0.4 is 16.0 Å². The number of carbonyl (C=O) groups is 1. The summed E-state index contributed by atoms with van der Waals surface area (Å²) in [5.74, 6) is 0.905. The first-order valence-electron chi connectivity index (χ1n) is 6.26. The van der Waals surface area contributed by atoms with Crippen LogP contribution in [0.2, 0.25) is 0 Å². The van der Waals surface area contributed by atoms with Crippen LogP contribution in [-0.4, -0.2) is 30.0 Å². The number of pyridine rings is 1. The molecule has 1 aliphatic heterocycles. The lowest BCUT2D eigenvalue weighted by Crippen LogP contribution is -2.54. The zero-order valence-electron chi connectivity index (χ0n) is 11.2. The molecular weight excluding hydrogens is 228 g/mol. The molecule has 1 aromatic heterocycles. The molecule has 0 saturated carbocycles. The van der Waals surface area contributed by atoms with Gasteiger partial charge in [0.05, 0.1) is 0 Å². The molecule has 5 heteroatoms. The Hall–Kier alpha value is -1.62. The Labute approximate surface area is 107 Å². The van der Waals surface area contributed by atoms with Crippen molar-refractivity contribution in [2.45, 2.75) is 33.4 Å². The Balaban J connectivity index is 2.46. The Morgan fingerprint density at radius 2 is 2.28 bits per heavy atom. The molecular formula is C13H20N4O. The quantitative estimate of drug-likeness (QED) is 0.798. The highest BCUT2D eigenvalue weighted by Crippen LogP contribution is 2.24. The predicted octanol–water partition coefficient (Wildman–Crippen LogP) is 0.482. The molecule has 0 radical (unpaired) electrons. The Bertz CT molecular complexity index is 472. The molecule has 3 N–H and O–H groups in total. The van der Waals surface area contributed by atoms with Crippen LogP contribution in [0.1, 0.15) is 23.7 Å². The molecule has 0 aromatic carbocycles. The number of anilines is 1. The van der Waals surface area contributed by atoms with Gasteiger partial charge >= 0.3 is 0 Å². The van der Waals surface area contributed by atoms with E-state index in [0.717, 1.165) is 29.2 Å². The molecule has 2 rings (SSSR count). The highest BCUT2D eigenvalue weighted by molar-refractivity contribution is 5.86. The molecule has 18 heavy (non-hydrogen) atoms. The predicted molar refractivity (Wildman–Crippen MR) is 71.4 cm³/mol. The van der Waals surface area contributed by atoms with Crippen LogP contribution in [-0.2, 0) is 11.3 Å². The van der Waals surface area contributed by atoms with Crippen molar-refractivity contribution >= 4 is 11.7 Å². The van der Waals surface area contributed by atoms with E-state index in [4.69, 9.17) is 5.73 Å². The fourth-order valence-corrected chi connectivity index (χ4v) is 2.41. The van der Waals surface area contributed by atoms with E-state index < -0.39 is 0 Å². The number of aromatic nitrogens is 1. The molecule has 1 atom stereocenters. The Morgan fingerprint density at radius 1 is 1.56 bits per heavy atom. The van der Waals surface area contributed by atoms with E-state index in [9.17, 15) is 4.79 Å². The summed E-state index contributed by atoms with van der Waals surface area (Å²) in [7, 11) is 0. The maximum Gasteiger partial charge on any atom is 0.242 e. The molecule has 98 valence electrons. The van der Waals surface area contributed by atoms with Crippen LogP contribution in [0, 0.1) is 13.8 Å². The monoisotopic (exact) mass is 248 g/mol. The summed E-state index contributed by atoms with van der Waals surface area (Å²) in [4.78, 5) is 18.4. The van der Waals surface area contributed by atoms with Gasteiger partial charge in [-0.25, -0.2) is 4.98 Å². The summed E-state index contributed by atoms with van der Waals surface area (Å²) in [5, 5.41) is 2.86. The van der Waals surface area contributed by atoms with E-state index in [1.165, 1.54) is 0 Å². The van der Waals surface area contributed by atoms with Gasteiger partial charge in [-0.2, -0.15) is 0 Å². The van der Waals surface area contributed by atoms with Crippen LogP contribution in [0.25, 0.3) is 0 Å². The van der Waals surface area contributed by atoms with Gasteiger partial charge in [-0.3, -0.25) is 4.79 Å². The number of nitrogens with one attached hydrogen (secondary N) is 1. The van der Waals surface area contributed by atoms with Gasteiger partial charge < -0.3 is 16.0 Å². The summed E-state index contributed by atoms with van der Waals surface area (Å²) in [6.07, 6.45) is 0. The lowest BCUT2D eigenvalue weighted by molar-refractivity contribution is -0.122. The number of amides is 1. The van der Waals surface area contributed by atoms with Gasteiger partial charge in [0.25, 0.3) is 0 Å². The maximum absolute atomic E-state index is 11.7. The molecule has 0 aliphatic carbocycles. The summed E-state index contributed by atoms with van der Waals surface area (Å²) in [6, 6.07) is 1.83. The SMILES string of the molecule is Cc1cc(C)c(CN)c(N2CCNC(=O)C2C)n1. The summed E-state index contributed by atoms with van der Waals surface area (Å²) >= 11 is 0. The minimum absolute atomic E-state index is 0.0465. The summed E-state index contributed by atoms with van der Waals surface area (Å²) < 4.78 is 0. The zero-order valence-corrected chi connectivity index (χ0v) is 11.2. The second-order valence-corrected chi connectivity index (χ2v) is 4.75. The van der Waals surface area contributed by atoms with Crippen molar-refractivity contribution in [3.8, 4) is 0 Å². The molecule has 1 unspecified atom stereocenters. The smallest absolute Gasteiger partial charge is 0.242 e. The van der Waals surface area contributed by atoms with Crippen LogP contribution in [0.4, 0.5) is 5.82 Å². The number of aryl methyl sites for hydroxylation is 2. The standard InChI is InChI=1S/C13H20N4O/c1-8-6-9(2)16-12(11(8)7-14)17-5-4-15-13(18)10(17)3/h6,10H,4-5,7,14H2,1-3H3,(H,15,18). The molecule has 0 spiro atoms. The van der Waals surface area contributed by atoms with Gasteiger partial charge in [-0.15, -0.1) is 0 Å². The second-order valence-electron chi connectivity index (χ2n) is 4.75. The Morgan fingerprint density at radius 3 is 2.94 bits per heavy atom. The van der Waals surface area contributed by atoms with E-state index in [1.54, 1.807) is 0 Å². The van der Waals surface area contributed by atoms with Gasteiger partial charge in [-0.1, -0.05) is 0 Å². The highest BCUT2D eigenvalue weighted by atomic mass is 16.2. The minimum atomic E-state index is -0.197. The van der Waals surface area contributed by atoms with E-state index in [0.29, 0.717) is 13.1 Å². The van der Waals surface area contributed by atoms with Crippen molar-refractivity contribution in [3.05, 3.63) is 22.9 Å². The molecule has 2 heterocycles. The molecule has 1 saturated heterocycles. The molecule has 5 nitrogen and oxygen atoms in total. The fraction of sp³-hybridized carbons (Fsp3) is 0.538. The molecule has 1 aliphatic rings. The number of rotatable bonds is 2. The van der Waals surface area contributed by atoms with E-state index in [-0.39, 0.29) is 11.9 Å². The van der Waals surface area contributed by atoms with Crippen LogP contribution in [0.5, 0.6) is 0 Å². The topological polar surface area (TPSA) is 71.2 Å². The number of carbonyl (C=O) groups excluding carboxylic acids is 1. The average Bonchev–Trinajstić information content (AvgIpc) is 2.32. The third-order valence-corrected chi connectivity index (χ3v) is 3.43. The molecule has 1 fully saturated rings. The van der Waals surface area contributed by atoms with Crippen LogP contribution in [0.15, 0.2) is 6.07 Å². The normalized spacial score (nSPS) is 19.9. The average molecular weight is 248 g/mol. The number of hydrogen-bond donors (Lipinski definition) is 2. The van der Waals surface area contributed by atoms with Gasteiger partial charge in [0.15, 0.2) is 0 Å². The minimum Gasteiger partial charge on any atom is -0.353 e. The van der Waals surface area contributed by atoms with Crippen molar-refractivity contribution in [2.24, 2.45) is 5.73 Å². The second kappa shape index (κ2) is 4.94. The number of nitrogens with zero attached hydrogens (tertiary/aromatic N) is 2. The first kappa shape index (κ1) is 12.8. The Kier molecular flexibility index (Phi) is 3.52. The molecule has 0 bridgehead atoms. The van der Waals surface area contributed by atoms with Crippen molar-refractivity contribution in [2.75, 3.05) is 18.0 Å². The lowest BCUT2D eigenvalue weighted by Gasteiger charge is -2.35. The van der Waals surface area contributed by atoms with Gasteiger partial charge in [0, 0.05) is 30.9 Å². The third-order valence-electron chi connectivity index (χ3n) is 3.43. The molecule has 1 amide bonds. The van der Waals surface area contributed by atoms with Gasteiger partial charge in [0.2, 0.25) is 5.91 Å². The maximum atomic E-state index is 11.7. The summed E-state index contributed by atoms with van der Waals surface area (Å²) in [6.45, 7) is 7.77. The first-order chi connectivity index (χ1) is 8.54. The molecule has 1 aromatic rings. The first-order valence-corrected chi connectivity index (χ1v) is 6.26. The highest BCUT2D eigenvalue weighted by Gasteiger charge is 2.28. The number of nitrogens with two attached hydrogens (primary N) is 1. The summed E-state index contributed by atoms with van der Waals surface area (Å²) in [5.41, 5.74) is 8.94. The van der Waals surface area contributed by atoms with E-state index in [1.807, 2.05) is 31.7 Å². The number of hydrogen-bond acceptors (Lipinski definition) is 4. The van der Waals surface area contributed by atoms with Crippen LogP contribution >= 0.6 is 0 Å². The van der Waals surface area contributed by atoms with E-state index in [2.05, 4.69) is 10.3 Å². The van der Waals surface area contributed by atoms with Crippen molar-refractivity contribution in [1.82, 2.24) is 10.3 Å².